The fourth-order valence-corrected chi connectivity index (χ4v) is 10.0. The zero-order valence-electron chi connectivity index (χ0n) is 40.4. The van der Waals surface area contributed by atoms with Crippen LogP contribution < -0.4 is 26.4 Å². The van der Waals surface area contributed by atoms with E-state index in [0.717, 1.165) is 91.4 Å². The second kappa shape index (κ2) is 19.9. The molecule has 8 aromatic rings. The van der Waals surface area contributed by atoms with Gasteiger partial charge in [-0.15, -0.1) is 0 Å². The van der Waals surface area contributed by atoms with Crippen molar-refractivity contribution in [2.75, 3.05) is 22.9 Å². The van der Waals surface area contributed by atoms with Crippen LogP contribution in [-0.4, -0.2) is 53.2 Å². The first-order chi connectivity index (χ1) is 33.6. The fourth-order valence-electron chi connectivity index (χ4n) is 9.56. The van der Waals surface area contributed by atoms with Crippen LogP contribution in [0.1, 0.15) is 61.1 Å². The molecule has 0 saturated carbocycles. The number of para-hydroxylation sites is 2. The summed E-state index contributed by atoms with van der Waals surface area (Å²) < 4.78 is 13.3. The van der Waals surface area contributed by atoms with Gasteiger partial charge in [0, 0.05) is 63.1 Å². The van der Waals surface area contributed by atoms with E-state index < -0.39 is 0 Å². The number of amides is 2. The van der Waals surface area contributed by atoms with Gasteiger partial charge in [-0.2, -0.15) is 0 Å². The highest BCUT2D eigenvalue weighted by Gasteiger charge is 2.52. The van der Waals surface area contributed by atoms with Crippen molar-refractivity contribution < 1.29 is 18.9 Å². The second-order valence-electron chi connectivity index (χ2n) is 19.2. The SMILES string of the molecule is Cc1cc(CC(=O)N2CCc3ccccc32)ccc1-c1c[nH]c(=O)c2ccccc12.Cc1cc(CC(=O)N2CCc3ccccc32)ccc1B1OC(C)(C)C(C)(C)O1.O=c1[nH]cc(Br)c2ccccc12. The predicted molar refractivity (Wildman–Crippen MR) is 286 cm³/mol. The van der Waals surface area contributed by atoms with E-state index in [1.54, 1.807) is 18.5 Å². The Balaban J connectivity index is 0.000000141. The number of benzene rings is 6. The Morgan fingerprint density at radius 3 is 1.56 bits per heavy atom. The van der Waals surface area contributed by atoms with Crippen molar-refractivity contribution in [3.8, 4) is 11.1 Å². The van der Waals surface area contributed by atoms with E-state index in [1.807, 2.05) is 114 Å². The van der Waals surface area contributed by atoms with E-state index in [4.69, 9.17) is 9.31 Å². The lowest BCUT2D eigenvalue weighted by molar-refractivity contribution is -0.118. The Bertz CT molecular complexity index is 3400. The molecular formula is C58H56BBrN4O6. The molecule has 0 aliphatic carbocycles. The molecule has 5 heterocycles. The number of aromatic amines is 2. The minimum Gasteiger partial charge on any atom is -0.399 e. The van der Waals surface area contributed by atoms with Crippen molar-refractivity contribution in [3.63, 3.8) is 0 Å². The van der Waals surface area contributed by atoms with Crippen LogP contribution in [0.5, 0.6) is 0 Å². The molecule has 12 heteroatoms. The van der Waals surface area contributed by atoms with Gasteiger partial charge in [0.25, 0.3) is 11.1 Å². The smallest absolute Gasteiger partial charge is 0.399 e. The standard InChI is InChI=1S/C26H22N2O2.C23H28BNO3.C9H6BrNO/c1-17-14-18(15-25(29)28-13-12-19-6-2-5-9-24(19)28)10-11-20(17)23-16-27-26(30)22-8-4-3-7-21(22)23;1-16-14-17(10-11-19(16)24-27-22(2,3)23(4,5)28-24)15-21(26)25-13-12-18-8-6-7-9-20(18)25;10-8-5-11-9(12)7-4-2-1-3-6(7)8/h2-11,14,16H,12-13,15H2,1H3,(H,27,30);6-11,14H,12-13,15H2,1-5H3;1-5H,(H,11,12). The molecule has 10 nitrogen and oxygen atoms in total. The minimum absolute atomic E-state index is 0.0474. The molecule has 0 unspecified atom stereocenters. The zero-order chi connectivity index (χ0) is 49.3. The highest BCUT2D eigenvalue weighted by Crippen LogP contribution is 2.37. The van der Waals surface area contributed by atoms with Gasteiger partial charge in [-0.3, -0.25) is 19.2 Å². The molecule has 1 saturated heterocycles. The summed E-state index contributed by atoms with van der Waals surface area (Å²) in [5.41, 5.74) is 11.0. The molecule has 0 bridgehead atoms. The lowest BCUT2D eigenvalue weighted by Crippen LogP contribution is -2.41. The third-order valence-electron chi connectivity index (χ3n) is 14.1. The number of nitrogens with zero attached hydrogens (tertiary/aromatic N) is 2. The van der Waals surface area contributed by atoms with Gasteiger partial charge < -0.3 is 29.1 Å². The van der Waals surface area contributed by atoms with Gasteiger partial charge in [-0.1, -0.05) is 115 Å². The summed E-state index contributed by atoms with van der Waals surface area (Å²) in [6, 6.07) is 43.7. The molecule has 354 valence electrons. The van der Waals surface area contributed by atoms with Crippen LogP contribution in [0.3, 0.4) is 0 Å². The van der Waals surface area contributed by atoms with Crippen LogP contribution in [0.25, 0.3) is 32.7 Å². The maximum atomic E-state index is 12.9. The summed E-state index contributed by atoms with van der Waals surface area (Å²) in [6.45, 7) is 13.9. The van der Waals surface area contributed by atoms with Crippen LogP contribution >= 0.6 is 15.9 Å². The normalized spacial score (nSPS) is 15.2. The van der Waals surface area contributed by atoms with Gasteiger partial charge in [0.15, 0.2) is 0 Å². The topological polar surface area (TPSA) is 125 Å². The average molecular weight is 996 g/mol. The number of hydrogen-bond acceptors (Lipinski definition) is 6. The van der Waals surface area contributed by atoms with Crippen LogP contribution in [0.2, 0.25) is 0 Å². The number of aromatic nitrogens is 2. The summed E-state index contributed by atoms with van der Waals surface area (Å²) in [6.07, 6.45) is 6.06. The molecule has 2 aromatic heterocycles. The number of halogens is 1. The van der Waals surface area contributed by atoms with E-state index in [-0.39, 0.29) is 41.3 Å². The Labute approximate surface area is 417 Å². The Kier molecular flexibility index (Phi) is 13.7. The zero-order valence-corrected chi connectivity index (χ0v) is 42.0. The Morgan fingerprint density at radius 1 is 0.571 bits per heavy atom. The quantitative estimate of drug-likeness (QED) is 0.160. The number of fused-ring (bicyclic) bond motifs is 4. The molecule has 11 rings (SSSR count). The van der Waals surface area contributed by atoms with Crippen LogP contribution in [0.4, 0.5) is 11.4 Å². The highest BCUT2D eigenvalue weighted by molar-refractivity contribution is 9.10. The summed E-state index contributed by atoms with van der Waals surface area (Å²) >= 11 is 3.36. The number of nitrogens with one attached hydrogen (secondary N) is 2. The summed E-state index contributed by atoms with van der Waals surface area (Å²) in [5.74, 6) is 0.273. The first kappa shape index (κ1) is 48.2. The summed E-state index contributed by atoms with van der Waals surface area (Å²) in [4.78, 5) is 58.5. The molecule has 2 amide bonds. The van der Waals surface area contributed by atoms with Gasteiger partial charge in [0.05, 0.1) is 24.0 Å². The van der Waals surface area contributed by atoms with Gasteiger partial charge in [-0.05, 0) is 139 Å². The number of carbonyl (C=O) groups excluding carboxylic acids is 2. The highest BCUT2D eigenvalue weighted by atomic mass is 79.9. The lowest BCUT2D eigenvalue weighted by atomic mass is 9.75. The van der Waals surface area contributed by atoms with Crippen LogP contribution in [0, 0.1) is 13.8 Å². The summed E-state index contributed by atoms with van der Waals surface area (Å²) in [7, 11) is -0.375. The summed E-state index contributed by atoms with van der Waals surface area (Å²) in [5, 5.41) is 3.27. The van der Waals surface area contributed by atoms with E-state index >= 15 is 0 Å². The van der Waals surface area contributed by atoms with E-state index in [9.17, 15) is 19.2 Å². The maximum Gasteiger partial charge on any atom is 0.495 e. The number of H-pyrrole nitrogens is 2. The molecule has 70 heavy (non-hydrogen) atoms. The molecule has 6 aromatic carbocycles. The van der Waals surface area contributed by atoms with Crippen molar-refractivity contribution in [2.45, 2.75) is 78.4 Å². The van der Waals surface area contributed by atoms with Gasteiger partial charge in [0.2, 0.25) is 11.8 Å². The molecule has 0 radical (unpaired) electrons. The molecule has 2 N–H and O–H groups in total. The molecule has 1 fully saturated rings. The van der Waals surface area contributed by atoms with Crippen molar-refractivity contribution >= 4 is 73.2 Å². The van der Waals surface area contributed by atoms with Gasteiger partial charge >= 0.3 is 7.12 Å². The first-order valence-electron chi connectivity index (χ1n) is 23.8. The monoisotopic (exact) mass is 994 g/mol. The average Bonchev–Trinajstić information content (AvgIpc) is 4.04. The Hall–Kier alpha value is -6.86. The number of hydrogen-bond donors (Lipinski definition) is 2. The molecule has 0 spiro atoms. The third-order valence-corrected chi connectivity index (χ3v) is 14.7. The maximum absolute atomic E-state index is 12.9. The minimum atomic E-state index is -0.375. The van der Waals surface area contributed by atoms with Crippen molar-refractivity contribution in [1.29, 1.82) is 0 Å². The number of aryl methyl sites for hydroxylation is 2. The van der Waals surface area contributed by atoms with Gasteiger partial charge in [-0.25, -0.2) is 0 Å². The second-order valence-corrected chi connectivity index (χ2v) is 20.1. The third kappa shape index (κ3) is 9.81. The van der Waals surface area contributed by atoms with E-state index in [2.05, 4.69) is 90.8 Å². The molecular weight excluding hydrogens is 939 g/mol. The molecule has 3 aliphatic heterocycles. The largest absolute Gasteiger partial charge is 0.495 e. The number of carbonyl (C=O) groups is 2. The van der Waals surface area contributed by atoms with Crippen molar-refractivity contribution in [2.24, 2.45) is 0 Å². The fraction of sp³-hybridized carbons (Fsp3) is 0.241. The van der Waals surface area contributed by atoms with Crippen molar-refractivity contribution in [3.05, 3.63) is 204 Å². The van der Waals surface area contributed by atoms with Crippen LogP contribution in [-0.2, 0) is 44.6 Å². The van der Waals surface area contributed by atoms with Crippen LogP contribution in [0.15, 0.2) is 160 Å². The van der Waals surface area contributed by atoms with Gasteiger partial charge in [0.1, 0.15) is 0 Å². The number of pyridine rings is 2. The number of rotatable bonds is 6. The lowest BCUT2D eigenvalue weighted by Gasteiger charge is -2.32. The van der Waals surface area contributed by atoms with E-state index in [1.165, 1.54) is 11.1 Å². The number of anilines is 2. The predicted octanol–water partition coefficient (Wildman–Crippen LogP) is 10.4. The molecule has 0 atom stereocenters. The first-order valence-corrected chi connectivity index (χ1v) is 24.6. The molecule has 3 aliphatic rings. The van der Waals surface area contributed by atoms with E-state index in [0.29, 0.717) is 23.6 Å². The Morgan fingerprint density at radius 2 is 1.03 bits per heavy atom. The van der Waals surface area contributed by atoms with Crippen molar-refractivity contribution in [1.82, 2.24) is 9.97 Å².